The summed E-state index contributed by atoms with van der Waals surface area (Å²) in [6, 6.07) is 0. The van der Waals surface area contributed by atoms with Gasteiger partial charge in [-0.2, -0.15) is 0 Å². The summed E-state index contributed by atoms with van der Waals surface area (Å²) in [7, 11) is 0. The number of hydrogen-bond donors (Lipinski definition) is 2. The summed E-state index contributed by atoms with van der Waals surface area (Å²) in [4.78, 5) is 0. The van der Waals surface area contributed by atoms with Gasteiger partial charge in [-0.15, -0.1) is 0 Å². The van der Waals surface area contributed by atoms with Gasteiger partial charge in [0.05, 0.1) is 0 Å². The van der Waals surface area contributed by atoms with E-state index in [2.05, 4.69) is 4.19 Å². The van der Waals surface area contributed by atoms with Crippen LogP contribution in [0.5, 0.6) is 0 Å². The van der Waals surface area contributed by atoms with Gasteiger partial charge in [0.25, 0.3) is 0 Å². The molecule has 0 saturated heterocycles. The number of hydrogen-bond acceptors (Lipinski definition) is 2. The van der Waals surface area contributed by atoms with E-state index in [4.69, 9.17) is 9.45 Å². The van der Waals surface area contributed by atoms with Crippen LogP contribution in [0.15, 0.2) is 0 Å². The molecule has 1 unspecified atom stereocenters. The van der Waals surface area contributed by atoms with Gasteiger partial charge in [0, 0.05) is 0 Å². The summed E-state index contributed by atoms with van der Waals surface area (Å²) in [5.41, 5.74) is 0. The third-order valence-corrected chi connectivity index (χ3v) is 0. The molecule has 0 bridgehead atoms. The van der Waals surface area contributed by atoms with Crippen molar-refractivity contribution in [3.63, 3.8) is 0 Å². The van der Waals surface area contributed by atoms with Crippen molar-refractivity contribution < 1.29 is 12.2 Å². The van der Waals surface area contributed by atoms with Crippen LogP contribution in [0.3, 0.4) is 0 Å². The first-order valence-corrected chi connectivity index (χ1v) is 2.68. The maximum absolute atomic E-state index is 9.17. The minimum atomic E-state index is -3.13. The van der Waals surface area contributed by atoms with Gasteiger partial charge in [0.15, 0.2) is 0 Å². The van der Waals surface area contributed by atoms with Crippen LogP contribution in [0.25, 0.3) is 0 Å². The van der Waals surface area contributed by atoms with E-state index in [9.17, 15) is 0 Å². The molecular weight excluding hydrogens is 127 g/mol. The summed E-state index contributed by atoms with van der Waals surface area (Å²) < 4.78 is 25.5. The van der Waals surface area contributed by atoms with Crippen molar-refractivity contribution in [3.05, 3.63) is 0 Å². The molecule has 0 aliphatic heterocycles. The van der Waals surface area contributed by atoms with E-state index in [1.165, 1.54) is 0 Å². The molecule has 0 aromatic heterocycles. The van der Waals surface area contributed by atoms with Gasteiger partial charge in [-0.3, -0.25) is 0 Å². The first-order chi connectivity index (χ1) is 2.27. The van der Waals surface area contributed by atoms with Gasteiger partial charge in [0.1, 0.15) is 0 Å². The Balaban J connectivity index is 2.85. The molecular formula is H2O3Se. The quantitative estimate of drug-likeness (QED) is 0.419. The summed E-state index contributed by atoms with van der Waals surface area (Å²) in [5.74, 6) is 0. The van der Waals surface area contributed by atoms with Crippen LogP contribution < -0.4 is 0 Å². The zero-order valence-electron chi connectivity index (χ0n) is 2.67. The predicted octanol–water partition coefficient (Wildman–Crippen LogP) is -1.61. The Hall–Kier alpha value is 0.239. The fourth-order valence-corrected chi connectivity index (χ4v) is 0. The predicted molar refractivity (Wildman–Crippen MR) is 10.9 cm³/mol. The van der Waals surface area contributed by atoms with Crippen LogP contribution >= 0.6 is 0 Å². The molecule has 0 spiro atoms. The van der Waals surface area contributed by atoms with Crippen molar-refractivity contribution in [1.29, 1.82) is 1.43 Å². The average Bonchev–Trinajstić information content (AvgIpc) is 1.38. The Morgan fingerprint density at radius 2 is 2.50 bits per heavy atom. The van der Waals surface area contributed by atoms with Crippen LogP contribution in [0.2, 0.25) is 0 Å². The summed E-state index contributed by atoms with van der Waals surface area (Å²) in [6.45, 7) is 0. The third-order valence-electron chi connectivity index (χ3n) is 0. The van der Waals surface area contributed by atoms with Gasteiger partial charge in [-0.05, 0) is 0 Å². The monoisotopic (exact) mass is 131 g/mol. The molecule has 0 aliphatic carbocycles. The van der Waals surface area contributed by atoms with Crippen molar-refractivity contribution >= 4 is 14.5 Å². The fourth-order valence-electron chi connectivity index (χ4n) is 0. The second kappa shape index (κ2) is 1.55. The molecule has 0 heterocycles. The first kappa shape index (κ1) is 2.48. The molecule has 0 fully saturated rings. The molecule has 0 radical (unpaired) electrons. The molecule has 26 valence electrons. The molecule has 0 rings (SSSR count). The Labute approximate surface area is 29.1 Å². The molecule has 1 atom stereocenters. The Morgan fingerprint density at radius 1 is 2.25 bits per heavy atom. The summed E-state index contributed by atoms with van der Waals surface area (Å²) >= 11 is -3.13. The maximum atomic E-state index is 9.17. The average molecular weight is 130 g/mol. The van der Waals surface area contributed by atoms with E-state index >= 15 is 0 Å². The second-order valence-corrected chi connectivity index (χ2v) is 1.13. The van der Waals surface area contributed by atoms with E-state index in [0.717, 1.165) is 0 Å². The van der Waals surface area contributed by atoms with Crippen LogP contribution in [0.1, 0.15) is 0 Å². The fraction of sp³-hybridized carbons (Fsp3) is 0. The van der Waals surface area contributed by atoms with Crippen LogP contribution in [-0.2, 0) is 3.83 Å². The zero-order valence-corrected chi connectivity index (χ0v) is 3.39. The second-order valence-electron chi connectivity index (χ2n) is 0.217. The third kappa shape index (κ3) is 60.0. The van der Waals surface area contributed by atoms with Gasteiger partial charge < -0.3 is 0 Å². The topological polar surface area (TPSA) is 57.5 Å². The van der Waals surface area contributed by atoms with Crippen molar-refractivity contribution in [2.45, 2.75) is 0 Å². The van der Waals surface area contributed by atoms with Gasteiger partial charge in [-0.25, -0.2) is 0 Å². The summed E-state index contributed by atoms with van der Waals surface area (Å²) in [6.07, 6.45) is 0. The van der Waals surface area contributed by atoms with E-state index in [0.29, 0.717) is 0 Å². The standard InChI is InChI=1S/H2O3Se/c1-4(2)3/h(H2,1,2,3)/i/hD. The molecule has 0 aromatic carbocycles. The first-order valence-electron chi connectivity index (χ1n) is 0.924. The van der Waals surface area contributed by atoms with Gasteiger partial charge in [-0.1, -0.05) is 0 Å². The van der Waals surface area contributed by atoms with Gasteiger partial charge in [0.2, 0.25) is 0 Å². The van der Waals surface area contributed by atoms with Crippen LogP contribution in [-0.4, -0.2) is 24.3 Å². The molecule has 3 nitrogen and oxygen atoms in total. The SMILES string of the molecule is [2H]O[Se](=O)O. The molecule has 2 N–H and O–H groups in total. The van der Waals surface area contributed by atoms with E-state index in [1.807, 2.05) is 0 Å². The Bertz CT molecular complexity index is 42.2. The molecule has 4 heteroatoms. The molecule has 0 amide bonds. The minimum absolute atomic E-state index is 3.12. The molecule has 0 aliphatic rings. The van der Waals surface area contributed by atoms with Crippen molar-refractivity contribution in [3.8, 4) is 0 Å². The van der Waals surface area contributed by atoms with Crippen molar-refractivity contribution in [1.82, 2.24) is 0 Å². The van der Waals surface area contributed by atoms with Crippen molar-refractivity contribution in [2.24, 2.45) is 0 Å². The van der Waals surface area contributed by atoms with Crippen LogP contribution in [0.4, 0.5) is 0 Å². The van der Waals surface area contributed by atoms with E-state index in [1.54, 1.807) is 0 Å². The molecule has 0 saturated carbocycles. The number of rotatable bonds is 1. The van der Waals surface area contributed by atoms with Crippen LogP contribution in [0, 0.1) is 0 Å². The Kier molecular flexibility index (Phi) is 0.958. The van der Waals surface area contributed by atoms with Crippen molar-refractivity contribution in [2.75, 3.05) is 0 Å². The molecule has 0 aromatic rings. The van der Waals surface area contributed by atoms with Gasteiger partial charge >= 0.3 is 28.1 Å². The van der Waals surface area contributed by atoms with E-state index < -0.39 is 14.5 Å². The van der Waals surface area contributed by atoms with E-state index in [-0.39, 0.29) is 0 Å². The zero-order chi connectivity index (χ0) is 4.28. The summed E-state index contributed by atoms with van der Waals surface area (Å²) in [5, 5.41) is 0. The molecule has 4 heavy (non-hydrogen) atoms. The normalized spacial score (nSPS) is 18.8. The Morgan fingerprint density at radius 3 is 2.50 bits per heavy atom.